The summed E-state index contributed by atoms with van der Waals surface area (Å²) in [6, 6.07) is 10.1. The fourth-order valence-corrected chi connectivity index (χ4v) is 5.51. The van der Waals surface area contributed by atoms with Gasteiger partial charge in [0, 0.05) is 0 Å². The number of hydrogen-bond donors (Lipinski definition) is 0. The van der Waals surface area contributed by atoms with Gasteiger partial charge in [-0.25, -0.2) is 9.78 Å². The van der Waals surface area contributed by atoms with Crippen molar-refractivity contribution in [1.82, 2.24) is 4.98 Å². The Labute approximate surface area is 217 Å². The quantitative estimate of drug-likeness (QED) is 0.311. The van der Waals surface area contributed by atoms with E-state index >= 15 is 0 Å². The van der Waals surface area contributed by atoms with Crippen LogP contribution in [0.4, 0.5) is 5.13 Å². The second kappa shape index (κ2) is 9.48. The minimum Gasteiger partial charge on any atom is -0.494 e. The van der Waals surface area contributed by atoms with Crippen LogP contribution in [0.5, 0.6) is 5.75 Å². The lowest BCUT2D eigenvalue weighted by Gasteiger charge is -2.23. The van der Waals surface area contributed by atoms with Gasteiger partial charge in [0.1, 0.15) is 16.2 Å². The first-order chi connectivity index (χ1) is 17.7. The van der Waals surface area contributed by atoms with Crippen LogP contribution in [0.25, 0.3) is 11.0 Å². The Kier molecular flexibility index (Phi) is 6.33. The average molecular weight is 519 g/mol. The predicted octanol–water partition coefficient (Wildman–Crippen LogP) is 5.50. The van der Waals surface area contributed by atoms with Crippen molar-refractivity contribution >= 4 is 39.3 Å². The van der Waals surface area contributed by atoms with Crippen LogP contribution >= 0.6 is 11.3 Å². The highest BCUT2D eigenvalue weighted by atomic mass is 32.1. The predicted molar refractivity (Wildman–Crippen MR) is 141 cm³/mol. The number of benzene rings is 2. The van der Waals surface area contributed by atoms with Crippen molar-refractivity contribution < 1.29 is 23.5 Å². The van der Waals surface area contributed by atoms with Gasteiger partial charge in [-0.2, -0.15) is 0 Å². The zero-order valence-corrected chi connectivity index (χ0v) is 22.0. The first-order valence-corrected chi connectivity index (χ1v) is 12.8. The van der Waals surface area contributed by atoms with E-state index in [1.54, 1.807) is 19.1 Å². The van der Waals surface area contributed by atoms with E-state index < -0.39 is 17.9 Å². The smallest absolute Gasteiger partial charge is 0.350 e. The standard InChI is InChI=1S/C28H26N2O6S/c1-6-10-35-18-9-7-8-17(13-18)22-21-23(31)19-11-14(2)15(3)12-20(19)36-24(21)26(32)30(22)28-29-16(4)25(37-28)27(33)34-5/h7-9,11-13,22H,6,10H2,1-5H3. The van der Waals surface area contributed by atoms with Gasteiger partial charge in [0.05, 0.1) is 36.4 Å². The number of thiazole rings is 1. The normalized spacial score (nSPS) is 14.8. The summed E-state index contributed by atoms with van der Waals surface area (Å²) in [7, 11) is 1.29. The number of amides is 1. The van der Waals surface area contributed by atoms with E-state index in [9.17, 15) is 14.4 Å². The van der Waals surface area contributed by atoms with Crippen LogP contribution < -0.4 is 15.1 Å². The van der Waals surface area contributed by atoms with Crippen molar-refractivity contribution in [2.45, 2.75) is 40.2 Å². The maximum atomic E-state index is 13.9. The zero-order chi connectivity index (χ0) is 26.4. The monoisotopic (exact) mass is 518 g/mol. The highest BCUT2D eigenvalue weighted by molar-refractivity contribution is 7.17. The molecule has 37 heavy (non-hydrogen) atoms. The van der Waals surface area contributed by atoms with Crippen molar-refractivity contribution in [3.63, 3.8) is 0 Å². The lowest BCUT2D eigenvalue weighted by molar-refractivity contribution is 0.0605. The molecule has 0 aliphatic carbocycles. The second-order valence-electron chi connectivity index (χ2n) is 9.01. The summed E-state index contributed by atoms with van der Waals surface area (Å²) >= 11 is 1.04. The van der Waals surface area contributed by atoms with Gasteiger partial charge < -0.3 is 13.9 Å². The molecule has 190 valence electrons. The van der Waals surface area contributed by atoms with E-state index in [4.69, 9.17) is 13.9 Å². The molecule has 0 bridgehead atoms. The number of aryl methyl sites for hydroxylation is 3. The number of carbonyl (C=O) groups excluding carboxylic acids is 2. The Balaban J connectivity index is 1.76. The number of anilines is 1. The maximum Gasteiger partial charge on any atom is 0.350 e. The molecule has 1 unspecified atom stereocenters. The molecule has 4 aromatic rings. The largest absolute Gasteiger partial charge is 0.494 e. The SMILES string of the molecule is CCCOc1cccc(C2c3c(oc4cc(C)c(C)cc4c3=O)C(=O)N2c2nc(C)c(C(=O)OC)s2)c1. The molecule has 3 heterocycles. The summed E-state index contributed by atoms with van der Waals surface area (Å²) in [6.07, 6.45) is 0.837. The molecular formula is C28H26N2O6S. The minimum absolute atomic E-state index is 0.0295. The van der Waals surface area contributed by atoms with E-state index in [-0.39, 0.29) is 26.8 Å². The summed E-state index contributed by atoms with van der Waals surface area (Å²) in [5.41, 5.74) is 3.32. The third-order valence-electron chi connectivity index (χ3n) is 6.50. The van der Waals surface area contributed by atoms with Gasteiger partial charge in [0.25, 0.3) is 5.91 Å². The van der Waals surface area contributed by atoms with Gasteiger partial charge >= 0.3 is 5.97 Å². The number of esters is 1. The molecule has 1 atom stereocenters. The third kappa shape index (κ3) is 4.09. The molecule has 0 saturated heterocycles. The Morgan fingerprint density at radius 1 is 1.14 bits per heavy atom. The van der Waals surface area contributed by atoms with Crippen molar-refractivity contribution in [1.29, 1.82) is 0 Å². The van der Waals surface area contributed by atoms with E-state index in [2.05, 4.69) is 4.98 Å². The van der Waals surface area contributed by atoms with E-state index in [1.165, 1.54) is 12.0 Å². The molecule has 2 aromatic carbocycles. The van der Waals surface area contributed by atoms with Crippen molar-refractivity contribution in [2.24, 2.45) is 0 Å². The van der Waals surface area contributed by atoms with Gasteiger partial charge in [0.15, 0.2) is 10.6 Å². The number of fused-ring (bicyclic) bond motifs is 2. The lowest BCUT2D eigenvalue weighted by Crippen LogP contribution is -2.29. The van der Waals surface area contributed by atoms with E-state index in [0.29, 0.717) is 34.6 Å². The highest BCUT2D eigenvalue weighted by Crippen LogP contribution is 2.44. The molecule has 1 aliphatic rings. The molecular weight excluding hydrogens is 492 g/mol. The first kappa shape index (κ1) is 24.7. The van der Waals surface area contributed by atoms with E-state index in [1.807, 2.05) is 45.0 Å². The van der Waals surface area contributed by atoms with Crippen LogP contribution in [0.1, 0.15) is 67.6 Å². The Hall–Kier alpha value is -3.98. The van der Waals surface area contributed by atoms with Crippen LogP contribution in [0.2, 0.25) is 0 Å². The molecule has 0 N–H and O–H groups in total. The molecule has 0 fully saturated rings. The maximum absolute atomic E-state index is 13.9. The van der Waals surface area contributed by atoms with Crippen LogP contribution in [0.15, 0.2) is 45.6 Å². The van der Waals surface area contributed by atoms with Gasteiger partial charge in [-0.3, -0.25) is 14.5 Å². The number of methoxy groups -OCH3 is 1. The Bertz CT molecular complexity index is 1620. The number of nitrogens with zero attached hydrogens (tertiary/aromatic N) is 2. The Morgan fingerprint density at radius 2 is 1.89 bits per heavy atom. The topological polar surface area (TPSA) is 98.9 Å². The van der Waals surface area contributed by atoms with Crippen LogP contribution in [-0.4, -0.2) is 30.6 Å². The molecule has 1 aliphatic heterocycles. The van der Waals surface area contributed by atoms with Crippen LogP contribution in [-0.2, 0) is 4.74 Å². The second-order valence-corrected chi connectivity index (χ2v) is 9.99. The van der Waals surface area contributed by atoms with Crippen molar-refractivity contribution in [3.05, 3.63) is 85.2 Å². The fraction of sp³-hybridized carbons (Fsp3) is 0.286. The van der Waals surface area contributed by atoms with Gasteiger partial charge in [0.2, 0.25) is 5.76 Å². The number of ether oxygens (including phenoxy) is 2. The van der Waals surface area contributed by atoms with E-state index in [0.717, 1.165) is 28.9 Å². The average Bonchev–Trinajstić information content (AvgIpc) is 3.41. The minimum atomic E-state index is -0.814. The summed E-state index contributed by atoms with van der Waals surface area (Å²) < 4.78 is 16.8. The first-order valence-electron chi connectivity index (χ1n) is 11.9. The van der Waals surface area contributed by atoms with Gasteiger partial charge in [-0.05, 0) is 68.1 Å². The number of carbonyl (C=O) groups is 2. The molecule has 0 spiro atoms. The summed E-state index contributed by atoms with van der Waals surface area (Å²) in [5.74, 6) is -0.439. The van der Waals surface area contributed by atoms with Crippen molar-refractivity contribution in [3.8, 4) is 5.75 Å². The van der Waals surface area contributed by atoms with Crippen molar-refractivity contribution in [2.75, 3.05) is 18.6 Å². The number of hydrogen-bond acceptors (Lipinski definition) is 8. The summed E-state index contributed by atoms with van der Waals surface area (Å²) in [4.78, 5) is 46.3. The van der Waals surface area contributed by atoms with Crippen LogP contribution in [0, 0.1) is 20.8 Å². The Morgan fingerprint density at radius 3 is 2.62 bits per heavy atom. The zero-order valence-electron chi connectivity index (χ0n) is 21.2. The highest BCUT2D eigenvalue weighted by Gasteiger charge is 2.45. The van der Waals surface area contributed by atoms with Crippen LogP contribution in [0.3, 0.4) is 0 Å². The van der Waals surface area contributed by atoms with Gasteiger partial charge in [-0.1, -0.05) is 30.4 Å². The molecule has 8 nitrogen and oxygen atoms in total. The molecule has 0 saturated carbocycles. The third-order valence-corrected chi connectivity index (χ3v) is 7.63. The molecule has 5 rings (SSSR count). The molecule has 9 heteroatoms. The molecule has 1 amide bonds. The number of rotatable bonds is 6. The molecule has 2 aromatic heterocycles. The summed E-state index contributed by atoms with van der Waals surface area (Å²) in [6.45, 7) is 8.08. The summed E-state index contributed by atoms with van der Waals surface area (Å²) in [5, 5.41) is 0.681. The molecule has 0 radical (unpaired) electrons. The lowest BCUT2D eigenvalue weighted by atomic mass is 9.97. The number of aromatic nitrogens is 1. The fourth-order valence-electron chi connectivity index (χ4n) is 4.50. The van der Waals surface area contributed by atoms with Gasteiger partial charge in [-0.15, -0.1) is 0 Å².